The molecule has 1 aromatic heterocycles. The highest BCUT2D eigenvalue weighted by molar-refractivity contribution is 5.88. The first-order valence-electron chi connectivity index (χ1n) is 3.94. The van der Waals surface area contributed by atoms with Crippen LogP contribution in [0.3, 0.4) is 0 Å². The van der Waals surface area contributed by atoms with Crippen molar-refractivity contribution in [3.63, 3.8) is 0 Å². The molecule has 0 bridgehead atoms. The van der Waals surface area contributed by atoms with Gasteiger partial charge in [-0.1, -0.05) is 0 Å². The molecule has 1 aromatic rings. The van der Waals surface area contributed by atoms with E-state index in [2.05, 4.69) is 4.98 Å². The Kier molecular flexibility index (Phi) is 2.81. The van der Waals surface area contributed by atoms with Gasteiger partial charge in [0.2, 0.25) is 0 Å². The Hall–Kier alpha value is -1.91. The summed E-state index contributed by atoms with van der Waals surface area (Å²) in [5.74, 6) is -2.92. The van der Waals surface area contributed by atoms with Crippen LogP contribution in [0.25, 0.3) is 0 Å². The van der Waals surface area contributed by atoms with E-state index in [0.29, 0.717) is 0 Å². The highest BCUT2D eigenvalue weighted by Crippen LogP contribution is 2.13. The lowest BCUT2D eigenvalue weighted by Gasteiger charge is -2.05. The van der Waals surface area contributed by atoms with Crippen molar-refractivity contribution in [1.82, 2.24) is 4.98 Å². The van der Waals surface area contributed by atoms with Crippen LogP contribution >= 0.6 is 0 Å². The van der Waals surface area contributed by atoms with Crippen molar-refractivity contribution in [2.45, 2.75) is 12.8 Å². The number of pyridine rings is 1. The number of carboxylic acid groups (broad SMARTS) is 2. The van der Waals surface area contributed by atoms with Crippen molar-refractivity contribution < 1.29 is 19.8 Å². The summed E-state index contributed by atoms with van der Waals surface area (Å²) < 4.78 is 0. The van der Waals surface area contributed by atoms with Gasteiger partial charge < -0.3 is 10.2 Å². The Balaban J connectivity index is 3.05. The van der Waals surface area contributed by atoms with Gasteiger partial charge in [-0.25, -0.2) is 4.79 Å². The topological polar surface area (TPSA) is 87.5 Å². The quantitative estimate of drug-likeness (QED) is 0.750. The first-order valence-corrected chi connectivity index (χ1v) is 3.94. The Bertz CT molecular complexity index is 375. The van der Waals surface area contributed by atoms with Gasteiger partial charge in [0.25, 0.3) is 0 Å². The second-order valence-electron chi connectivity index (χ2n) is 2.83. The van der Waals surface area contributed by atoms with E-state index in [1.807, 2.05) is 0 Å². The molecule has 0 aliphatic carbocycles. The minimum Gasteiger partial charge on any atom is -0.481 e. The molecule has 0 amide bonds. The number of aromatic carboxylic acids is 1. The maximum Gasteiger partial charge on any atom is 0.335 e. The molecule has 0 aliphatic heterocycles. The molecule has 14 heavy (non-hydrogen) atoms. The molecule has 0 saturated carbocycles. The summed E-state index contributed by atoms with van der Waals surface area (Å²) in [4.78, 5) is 25.0. The fourth-order valence-corrected chi connectivity index (χ4v) is 0.945. The van der Waals surface area contributed by atoms with Gasteiger partial charge in [-0.2, -0.15) is 0 Å². The lowest BCUT2D eigenvalue weighted by molar-refractivity contribution is -0.138. The normalized spacial score (nSPS) is 12.1. The van der Waals surface area contributed by atoms with E-state index in [-0.39, 0.29) is 11.3 Å². The van der Waals surface area contributed by atoms with Crippen LogP contribution in [0.2, 0.25) is 0 Å². The van der Waals surface area contributed by atoms with Crippen LogP contribution in [-0.4, -0.2) is 27.1 Å². The maximum absolute atomic E-state index is 10.6. The van der Waals surface area contributed by atoms with E-state index in [1.54, 1.807) is 0 Å². The van der Waals surface area contributed by atoms with E-state index in [9.17, 15) is 9.59 Å². The largest absolute Gasteiger partial charge is 0.481 e. The Morgan fingerprint density at radius 1 is 1.43 bits per heavy atom. The number of carboxylic acids is 2. The molecule has 74 valence electrons. The van der Waals surface area contributed by atoms with E-state index >= 15 is 0 Å². The third-order valence-electron chi connectivity index (χ3n) is 1.84. The highest BCUT2D eigenvalue weighted by atomic mass is 16.4. The molecule has 1 unspecified atom stereocenters. The zero-order valence-corrected chi connectivity index (χ0v) is 7.47. The second kappa shape index (κ2) is 3.87. The fraction of sp³-hybridized carbons (Fsp3) is 0.222. The summed E-state index contributed by atoms with van der Waals surface area (Å²) in [5.41, 5.74) is 0.292. The van der Waals surface area contributed by atoms with Crippen LogP contribution < -0.4 is 0 Å². The van der Waals surface area contributed by atoms with Gasteiger partial charge in [0.15, 0.2) is 0 Å². The Morgan fingerprint density at radius 3 is 2.57 bits per heavy atom. The monoisotopic (exact) mass is 195 g/mol. The van der Waals surface area contributed by atoms with Crippen LogP contribution in [0.5, 0.6) is 0 Å². The summed E-state index contributed by atoms with van der Waals surface area (Å²) in [6.45, 7) is 1.45. The molecule has 0 spiro atoms. The number of aromatic nitrogens is 1. The Morgan fingerprint density at radius 2 is 2.07 bits per heavy atom. The molecular weight excluding hydrogens is 186 g/mol. The summed E-state index contributed by atoms with van der Waals surface area (Å²) >= 11 is 0. The number of hydrogen-bond donors (Lipinski definition) is 2. The van der Waals surface area contributed by atoms with Gasteiger partial charge in [-0.15, -0.1) is 0 Å². The second-order valence-corrected chi connectivity index (χ2v) is 2.83. The summed E-state index contributed by atoms with van der Waals surface area (Å²) in [5, 5.41) is 17.3. The van der Waals surface area contributed by atoms with Crippen LogP contribution in [-0.2, 0) is 4.79 Å². The summed E-state index contributed by atoms with van der Waals surface area (Å²) in [7, 11) is 0. The average Bonchev–Trinajstić information content (AvgIpc) is 2.16. The van der Waals surface area contributed by atoms with E-state index in [1.165, 1.54) is 25.3 Å². The summed E-state index contributed by atoms with van der Waals surface area (Å²) in [6.07, 6.45) is 1.29. The SMILES string of the molecule is CC(C(=O)O)c1cc(C(=O)O)ccn1. The van der Waals surface area contributed by atoms with Crippen molar-refractivity contribution in [3.8, 4) is 0 Å². The molecule has 5 nitrogen and oxygen atoms in total. The van der Waals surface area contributed by atoms with Crippen LogP contribution in [0.4, 0.5) is 0 Å². The molecule has 2 N–H and O–H groups in total. The first-order chi connectivity index (χ1) is 6.52. The molecular formula is C9H9NO4. The number of aliphatic carboxylic acids is 1. The highest BCUT2D eigenvalue weighted by Gasteiger charge is 2.16. The molecule has 5 heteroatoms. The number of rotatable bonds is 3. The van der Waals surface area contributed by atoms with Gasteiger partial charge in [0.05, 0.1) is 17.2 Å². The number of carbonyl (C=O) groups is 2. The minimum absolute atomic E-state index is 0.0445. The summed E-state index contributed by atoms with van der Waals surface area (Å²) in [6, 6.07) is 2.58. The standard InChI is InChI=1S/C9H9NO4/c1-5(8(11)12)7-4-6(9(13)14)2-3-10-7/h2-5H,1H3,(H,11,12)(H,13,14). The molecule has 0 aliphatic rings. The van der Waals surface area contributed by atoms with E-state index in [0.717, 1.165) is 0 Å². The minimum atomic E-state index is -1.09. The van der Waals surface area contributed by atoms with Gasteiger partial charge in [0, 0.05) is 6.20 Å². The van der Waals surface area contributed by atoms with Crippen molar-refractivity contribution >= 4 is 11.9 Å². The van der Waals surface area contributed by atoms with Crippen molar-refractivity contribution in [2.24, 2.45) is 0 Å². The predicted octanol–water partition coefficient (Wildman–Crippen LogP) is 0.968. The number of hydrogen-bond acceptors (Lipinski definition) is 3. The van der Waals surface area contributed by atoms with Gasteiger partial charge >= 0.3 is 11.9 Å². The zero-order chi connectivity index (χ0) is 10.7. The maximum atomic E-state index is 10.6. The lowest BCUT2D eigenvalue weighted by atomic mass is 10.1. The third-order valence-corrected chi connectivity index (χ3v) is 1.84. The lowest BCUT2D eigenvalue weighted by Crippen LogP contribution is -2.10. The number of nitrogens with zero attached hydrogens (tertiary/aromatic N) is 1. The third kappa shape index (κ3) is 2.07. The van der Waals surface area contributed by atoms with Crippen molar-refractivity contribution in [1.29, 1.82) is 0 Å². The van der Waals surface area contributed by atoms with Crippen molar-refractivity contribution in [3.05, 3.63) is 29.6 Å². The van der Waals surface area contributed by atoms with Gasteiger partial charge in [0.1, 0.15) is 0 Å². The molecule has 0 saturated heterocycles. The van der Waals surface area contributed by atoms with Gasteiger partial charge in [-0.05, 0) is 19.1 Å². The molecule has 0 radical (unpaired) electrons. The van der Waals surface area contributed by atoms with Crippen LogP contribution in [0.1, 0.15) is 28.9 Å². The Labute approximate surface area is 80.0 Å². The molecule has 0 fully saturated rings. The van der Waals surface area contributed by atoms with Gasteiger partial charge in [-0.3, -0.25) is 9.78 Å². The fourth-order valence-electron chi connectivity index (χ4n) is 0.945. The first kappa shape index (κ1) is 10.2. The zero-order valence-electron chi connectivity index (χ0n) is 7.47. The molecule has 1 rings (SSSR count). The van der Waals surface area contributed by atoms with E-state index < -0.39 is 17.9 Å². The molecule has 1 heterocycles. The van der Waals surface area contributed by atoms with E-state index in [4.69, 9.17) is 10.2 Å². The van der Waals surface area contributed by atoms with Crippen molar-refractivity contribution in [2.75, 3.05) is 0 Å². The predicted molar refractivity (Wildman–Crippen MR) is 47.2 cm³/mol. The van der Waals surface area contributed by atoms with Crippen LogP contribution in [0, 0.1) is 0 Å². The molecule has 1 atom stereocenters. The molecule has 0 aromatic carbocycles. The van der Waals surface area contributed by atoms with Crippen LogP contribution in [0.15, 0.2) is 18.3 Å². The smallest absolute Gasteiger partial charge is 0.335 e. The average molecular weight is 195 g/mol.